The summed E-state index contributed by atoms with van der Waals surface area (Å²) in [5.74, 6) is -0.199. The Hall–Kier alpha value is -3.06. The van der Waals surface area contributed by atoms with Gasteiger partial charge in [-0.2, -0.15) is 0 Å². The number of benzene rings is 2. The summed E-state index contributed by atoms with van der Waals surface area (Å²) in [4.78, 5) is 31.4. The molecule has 1 aliphatic rings. The van der Waals surface area contributed by atoms with Crippen molar-refractivity contribution >= 4 is 12.0 Å². The Labute approximate surface area is 248 Å². The van der Waals surface area contributed by atoms with E-state index in [1.54, 1.807) is 12.0 Å². The quantitative estimate of drug-likeness (QED) is 0.234. The summed E-state index contributed by atoms with van der Waals surface area (Å²) < 4.78 is 26.9. The molecule has 0 unspecified atom stereocenters. The molecule has 2 aromatic carbocycles. The molecule has 2 aromatic rings. The predicted octanol–water partition coefficient (Wildman–Crippen LogP) is 2.76. The summed E-state index contributed by atoms with van der Waals surface area (Å²) in [7, 11) is 1.64. The molecular formula is C31H45N3O8. The fourth-order valence-electron chi connectivity index (χ4n) is 4.60. The van der Waals surface area contributed by atoms with Gasteiger partial charge in [-0.3, -0.25) is 14.6 Å². The third-order valence-corrected chi connectivity index (χ3v) is 6.89. The van der Waals surface area contributed by atoms with Gasteiger partial charge < -0.3 is 33.7 Å². The van der Waals surface area contributed by atoms with Crippen molar-refractivity contribution in [2.45, 2.75) is 12.6 Å². The van der Waals surface area contributed by atoms with Crippen LogP contribution in [0.15, 0.2) is 60.7 Å². The molecule has 0 aliphatic carbocycles. The van der Waals surface area contributed by atoms with Crippen molar-refractivity contribution in [1.82, 2.24) is 14.7 Å². The van der Waals surface area contributed by atoms with E-state index in [9.17, 15) is 14.7 Å². The van der Waals surface area contributed by atoms with E-state index in [1.165, 1.54) is 4.90 Å². The molecule has 42 heavy (non-hydrogen) atoms. The highest BCUT2D eigenvalue weighted by Gasteiger charge is 2.35. The second-order valence-corrected chi connectivity index (χ2v) is 9.82. The molecule has 1 heterocycles. The van der Waals surface area contributed by atoms with Crippen LogP contribution >= 0.6 is 0 Å². The zero-order chi connectivity index (χ0) is 29.8. The van der Waals surface area contributed by atoms with Gasteiger partial charge in [0.25, 0.3) is 0 Å². The lowest BCUT2D eigenvalue weighted by Gasteiger charge is -2.38. The van der Waals surface area contributed by atoms with E-state index in [2.05, 4.69) is 4.90 Å². The molecule has 0 bridgehead atoms. The van der Waals surface area contributed by atoms with E-state index >= 15 is 0 Å². The van der Waals surface area contributed by atoms with Gasteiger partial charge in [0, 0.05) is 39.8 Å². The fraction of sp³-hybridized carbons (Fsp3) is 0.548. The Balaban J connectivity index is 1.36. The van der Waals surface area contributed by atoms with Crippen molar-refractivity contribution in [1.29, 1.82) is 0 Å². The molecule has 0 radical (unpaired) electrons. The van der Waals surface area contributed by atoms with Crippen molar-refractivity contribution in [3.05, 3.63) is 71.8 Å². The van der Waals surface area contributed by atoms with E-state index < -0.39 is 12.1 Å². The second kappa shape index (κ2) is 20.0. The summed E-state index contributed by atoms with van der Waals surface area (Å²) in [5, 5.41) is 10.1. The average molecular weight is 588 g/mol. The number of nitrogens with zero attached hydrogens (tertiary/aromatic N) is 3. The lowest BCUT2D eigenvalue weighted by Crippen LogP contribution is -2.53. The minimum Gasteiger partial charge on any atom is -0.465 e. The van der Waals surface area contributed by atoms with Gasteiger partial charge in [0.2, 0.25) is 5.91 Å². The SMILES string of the molecule is COCCOCCOCCOCCOCCN1CCN(C(=O)[C@H](c2ccccc2)N(Cc2ccccc2)C(=O)O)CC1. The Bertz CT molecular complexity index is 1010. The number of ether oxygens (including phenoxy) is 5. The standard InChI is InChI=1S/C31H45N3O8/c1-38-18-19-40-22-23-42-25-24-41-21-20-39-17-16-32-12-14-33(15-13-32)30(35)29(28-10-6-3-7-11-28)34(31(36)37)26-27-8-4-2-5-9-27/h2-11,29H,12-26H2,1H3,(H,36,37)/t29-/m0/s1. The highest BCUT2D eigenvalue weighted by Crippen LogP contribution is 2.26. The third kappa shape index (κ3) is 12.0. The summed E-state index contributed by atoms with van der Waals surface area (Å²) >= 11 is 0. The van der Waals surface area contributed by atoms with Crippen LogP contribution in [0.3, 0.4) is 0 Å². The third-order valence-electron chi connectivity index (χ3n) is 6.89. The van der Waals surface area contributed by atoms with E-state index in [4.69, 9.17) is 23.7 Å². The number of methoxy groups -OCH3 is 1. The van der Waals surface area contributed by atoms with Crippen LogP contribution in [0, 0.1) is 0 Å². The van der Waals surface area contributed by atoms with Gasteiger partial charge in [-0.1, -0.05) is 60.7 Å². The van der Waals surface area contributed by atoms with Crippen LogP contribution < -0.4 is 0 Å². The van der Waals surface area contributed by atoms with Crippen LogP contribution in [-0.2, 0) is 35.0 Å². The van der Waals surface area contributed by atoms with Crippen LogP contribution in [0.4, 0.5) is 4.79 Å². The molecule has 0 spiro atoms. The lowest BCUT2D eigenvalue weighted by molar-refractivity contribution is -0.138. The largest absolute Gasteiger partial charge is 0.465 e. The first-order valence-corrected chi connectivity index (χ1v) is 14.5. The molecule has 1 aliphatic heterocycles. The number of piperazine rings is 1. The Kier molecular flexibility index (Phi) is 15.9. The maximum atomic E-state index is 13.8. The van der Waals surface area contributed by atoms with Crippen molar-refractivity contribution in [2.24, 2.45) is 0 Å². The molecule has 11 heteroatoms. The molecule has 0 aromatic heterocycles. The first kappa shape index (κ1) is 33.4. The number of carboxylic acid groups (broad SMARTS) is 1. The molecular weight excluding hydrogens is 542 g/mol. The number of carbonyl (C=O) groups is 2. The normalized spacial score (nSPS) is 14.5. The van der Waals surface area contributed by atoms with Gasteiger partial charge in [-0.05, 0) is 11.1 Å². The minimum atomic E-state index is -1.13. The highest BCUT2D eigenvalue weighted by atomic mass is 16.6. The fourth-order valence-corrected chi connectivity index (χ4v) is 4.60. The number of hydrogen-bond acceptors (Lipinski definition) is 8. The van der Waals surface area contributed by atoms with Gasteiger partial charge >= 0.3 is 6.09 Å². The Morgan fingerprint density at radius 2 is 1.24 bits per heavy atom. The number of hydrogen-bond donors (Lipinski definition) is 1. The zero-order valence-electron chi connectivity index (χ0n) is 24.6. The van der Waals surface area contributed by atoms with Crippen molar-refractivity contribution in [3.63, 3.8) is 0 Å². The summed E-state index contributed by atoms with van der Waals surface area (Å²) in [6.45, 7) is 8.15. The molecule has 1 saturated heterocycles. The van der Waals surface area contributed by atoms with Crippen LogP contribution in [0.25, 0.3) is 0 Å². The molecule has 3 rings (SSSR count). The van der Waals surface area contributed by atoms with Crippen molar-refractivity contribution < 1.29 is 38.4 Å². The monoisotopic (exact) mass is 587 g/mol. The van der Waals surface area contributed by atoms with E-state index in [-0.39, 0.29) is 12.5 Å². The van der Waals surface area contributed by atoms with Gasteiger partial charge in [-0.15, -0.1) is 0 Å². The first-order valence-electron chi connectivity index (χ1n) is 14.5. The Morgan fingerprint density at radius 3 is 1.76 bits per heavy atom. The zero-order valence-corrected chi connectivity index (χ0v) is 24.6. The number of carbonyl (C=O) groups excluding carboxylic acids is 1. The minimum absolute atomic E-state index is 0.125. The van der Waals surface area contributed by atoms with Crippen molar-refractivity contribution in [3.8, 4) is 0 Å². The summed E-state index contributed by atoms with van der Waals surface area (Å²) in [6, 6.07) is 17.6. The van der Waals surface area contributed by atoms with E-state index in [1.807, 2.05) is 60.7 Å². The first-order chi connectivity index (χ1) is 20.6. The average Bonchev–Trinajstić information content (AvgIpc) is 3.02. The van der Waals surface area contributed by atoms with Gasteiger partial charge in [0.15, 0.2) is 0 Å². The highest BCUT2D eigenvalue weighted by molar-refractivity contribution is 5.86. The molecule has 0 saturated carbocycles. The second-order valence-electron chi connectivity index (χ2n) is 9.82. The van der Waals surface area contributed by atoms with Crippen LogP contribution in [0.2, 0.25) is 0 Å². The van der Waals surface area contributed by atoms with Gasteiger partial charge in [0.1, 0.15) is 6.04 Å². The van der Waals surface area contributed by atoms with Crippen LogP contribution in [0.1, 0.15) is 17.2 Å². The van der Waals surface area contributed by atoms with Gasteiger partial charge in [0.05, 0.1) is 66.0 Å². The summed E-state index contributed by atoms with van der Waals surface area (Å²) in [5.41, 5.74) is 1.49. The maximum Gasteiger partial charge on any atom is 0.408 e. The molecule has 1 N–H and O–H groups in total. The Morgan fingerprint density at radius 1 is 0.738 bits per heavy atom. The molecule has 232 valence electrons. The summed E-state index contributed by atoms with van der Waals surface area (Å²) in [6.07, 6.45) is -1.13. The topological polar surface area (TPSA) is 110 Å². The molecule has 1 atom stereocenters. The predicted molar refractivity (Wildman–Crippen MR) is 157 cm³/mol. The molecule has 1 fully saturated rings. The maximum absolute atomic E-state index is 13.8. The van der Waals surface area contributed by atoms with E-state index in [0.717, 1.165) is 12.1 Å². The number of rotatable bonds is 20. The van der Waals surface area contributed by atoms with E-state index in [0.29, 0.717) is 91.2 Å². The van der Waals surface area contributed by atoms with Crippen LogP contribution in [-0.4, -0.2) is 131 Å². The number of amides is 2. The smallest absolute Gasteiger partial charge is 0.408 e. The van der Waals surface area contributed by atoms with Crippen molar-refractivity contribution in [2.75, 3.05) is 99.3 Å². The molecule has 2 amide bonds. The van der Waals surface area contributed by atoms with Crippen LogP contribution in [0.5, 0.6) is 0 Å². The lowest BCUT2D eigenvalue weighted by atomic mass is 10.0. The molecule has 11 nitrogen and oxygen atoms in total. The van der Waals surface area contributed by atoms with Gasteiger partial charge in [-0.25, -0.2) is 4.79 Å².